The minimum absolute atomic E-state index is 0.0143. The van der Waals surface area contributed by atoms with E-state index in [4.69, 9.17) is 0 Å². The van der Waals surface area contributed by atoms with E-state index in [-0.39, 0.29) is 6.04 Å². The van der Waals surface area contributed by atoms with E-state index in [1.165, 1.54) is 6.07 Å². The fourth-order valence-corrected chi connectivity index (χ4v) is 2.31. The SMILES string of the molecule is CC1Cc2cc(C(C(F)(F)F)C(F)(F)F)ccc2N1. The van der Waals surface area contributed by atoms with Gasteiger partial charge in [0.05, 0.1) is 0 Å². The summed E-state index contributed by atoms with van der Waals surface area (Å²) in [5.74, 6) is -3.43. The van der Waals surface area contributed by atoms with Crippen molar-refractivity contribution in [3.63, 3.8) is 0 Å². The van der Waals surface area contributed by atoms with Crippen LogP contribution in [0, 0.1) is 0 Å². The van der Waals surface area contributed by atoms with Gasteiger partial charge in [0, 0.05) is 11.7 Å². The van der Waals surface area contributed by atoms with Gasteiger partial charge in [-0.3, -0.25) is 0 Å². The average Bonchev–Trinajstić information content (AvgIpc) is 2.52. The summed E-state index contributed by atoms with van der Waals surface area (Å²) in [7, 11) is 0. The lowest BCUT2D eigenvalue weighted by molar-refractivity contribution is -0.253. The lowest BCUT2D eigenvalue weighted by atomic mass is 9.95. The number of alkyl halides is 6. The number of hydrogen-bond donors (Lipinski definition) is 1. The van der Waals surface area contributed by atoms with Crippen LogP contribution in [0.5, 0.6) is 0 Å². The van der Waals surface area contributed by atoms with Crippen LogP contribution in [0.1, 0.15) is 24.0 Å². The van der Waals surface area contributed by atoms with Crippen LogP contribution in [-0.4, -0.2) is 18.4 Å². The number of anilines is 1. The third-order valence-electron chi connectivity index (χ3n) is 3.05. The maximum absolute atomic E-state index is 12.6. The number of benzene rings is 1. The maximum atomic E-state index is 12.6. The molecule has 0 fully saturated rings. The van der Waals surface area contributed by atoms with Crippen molar-refractivity contribution in [2.24, 2.45) is 0 Å². The van der Waals surface area contributed by atoms with Gasteiger partial charge in [-0.2, -0.15) is 26.3 Å². The molecule has 1 N–H and O–H groups in total. The van der Waals surface area contributed by atoms with E-state index in [1.54, 1.807) is 0 Å². The largest absolute Gasteiger partial charge is 0.404 e. The Hall–Kier alpha value is -1.40. The van der Waals surface area contributed by atoms with Gasteiger partial charge in [-0.1, -0.05) is 12.1 Å². The molecule has 1 unspecified atom stereocenters. The molecule has 0 amide bonds. The molecule has 0 spiro atoms. The van der Waals surface area contributed by atoms with Gasteiger partial charge in [0.1, 0.15) is 0 Å². The molecule has 1 aliphatic rings. The molecule has 0 aromatic heterocycles. The second-order valence-electron chi connectivity index (χ2n) is 4.68. The molecule has 0 bridgehead atoms. The predicted octanol–water partition coefficient (Wildman–Crippen LogP) is 4.25. The minimum atomic E-state index is -5.34. The second kappa shape index (κ2) is 4.31. The van der Waals surface area contributed by atoms with Gasteiger partial charge < -0.3 is 5.32 Å². The van der Waals surface area contributed by atoms with E-state index in [9.17, 15) is 26.3 Å². The van der Waals surface area contributed by atoms with Gasteiger partial charge >= 0.3 is 12.4 Å². The molecule has 106 valence electrons. The number of rotatable bonds is 1. The number of halogens is 6. The van der Waals surface area contributed by atoms with Crippen molar-refractivity contribution in [2.45, 2.75) is 37.7 Å². The van der Waals surface area contributed by atoms with E-state index >= 15 is 0 Å². The smallest absolute Gasteiger partial charge is 0.382 e. The number of fused-ring (bicyclic) bond motifs is 1. The first-order valence-electron chi connectivity index (χ1n) is 5.62. The second-order valence-corrected chi connectivity index (χ2v) is 4.68. The predicted molar refractivity (Wildman–Crippen MR) is 58.1 cm³/mol. The summed E-state index contributed by atoms with van der Waals surface area (Å²) >= 11 is 0. The summed E-state index contributed by atoms with van der Waals surface area (Å²) < 4.78 is 75.6. The van der Waals surface area contributed by atoms with Crippen LogP contribution in [0.15, 0.2) is 18.2 Å². The number of nitrogens with one attached hydrogen (secondary N) is 1. The molecule has 7 heteroatoms. The minimum Gasteiger partial charge on any atom is -0.382 e. The Morgan fingerprint density at radius 1 is 1.11 bits per heavy atom. The van der Waals surface area contributed by atoms with Crippen molar-refractivity contribution in [3.05, 3.63) is 29.3 Å². The Bertz CT molecular complexity index is 462. The Labute approximate surface area is 105 Å². The maximum Gasteiger partial charge on any atom is 0.404 e. The van der Waals surface area contributed by atoms with Crippen molar-refractivity contribution in [1.29, 1.82) is 0 Å². The molecule has 0 radical (unpaired) electrons. The molecule has 1 atom stereocenters. The van der Waals surface area contributed by atoms with Crippen molar-refractivity contribution in [3.8, 4) is 0 Å². The normalized spacial score (nSPS) is 19.5. The van der Waals surface area contributed by atoms with E-state index in [0.717, 1.165) is 12.1 Å². The van der Waals surface area contributed by atoms with Crippen LogP contribution in [0.25, 0.3) is 0 Å². The van der Waals surface area contributed by atoms with Crippen LogP contribution in [0.2, 0.25) is 0 Å². The molecule has 19 heavy (non-hydrogen) atoms. The summed E-state index contributed by atoms with van der Waals surface area (Å²) in [6.45, 7) is 1.81. The fraction of sp³-hybridized carbons (Fsp3) is 0.500. The molecule has 0 saturated carbocycles. The van der Waals surface area contributed by atoms with Gasteiger partial charge in [0.15, 0.2) is 5.92 Å². The first-order valence-corrected chi connectivity index (χ1v) is 5.62. The van der Waals surface area contributed by atoms with Gasteiger partial charge in [-0.15, -0.1) is 0 Å². The standard InChI is InChI=1S/C12H11F6N/c1-6-4-8-5-7(2-3-9(8)19-6)10(11(13,14)15)12(16,17)18/h2-3,5-6,10,19H,4H2,1H3. The van der Waals surface area contributed by atoms with Crippen molar-refractivity contribution in [2.75, 3.05) is 5.32 Å². The van der Waals surface area contributed by atoms with Gasteiger partial charge in [0.25, 0.3) is 0 Å². The molecule has 1 aromatic rings. The summed E-state index contributed by atoms with van der Waals surface area (Å²) in [4.78, 5) is 0. The third kappa shape index (κ3) is 2.79. The van der Waals surface area contributed by atoms with Crippen LogP contribution in [0.4, 0.5) is 32.0 Å². The first-order chi connectivity index (χ1) is 8.59. The zero-order valence-electron chi connectivity index (χ0n) is 9.86. The number of hydrogen-bond acceptors (Lipinski definition) is 1. The monoisotopic (exact) mass is 283 g/mol. The molecule has 1 aromatic carbocycles. The van der Waals surface area contributed by atoms with Crippen LogP contribution >= 0.6 is 0 Å². The Balaban J connectivity index is 2.42. The highest BCUT2D eigenvalue weighted by Crippen LogP contribution is 2.47. The van der Waals surface area contributed by atoms with Crippen molar-refractivity contribution in [1.82, 2.24) is 0 Å². The third-order valence-corrected chi connectivity index (χ3v) is 3.05. The highest BCUT2D eigenvalue weighted by molar-refractivity contribution is 5.58. The van der Waals surface area contributed by atoms with E-state index in [0.29, 0.717) is 17.7 Å². The topological polar surface area (TPSA) is 12.0 Å². The molecule has 0 aliphatic carbocycles. The van der Waals surface area contributed by atoms with Crippen molar-refractivity contribution >= 4 is 5.69 Å². The molecular formula is C12H11F6N. The average molecular weight is 283 g/mol. The molecule has 0 saturated heterocycles. The molecule has 1 aliphatic heterocycles. The lowest BCUT2D eigenvalue weighted by Gasteiger charge is -2.23. The summed E-state index contributed by atoms with van der Waals surface area (Å²) in [6, 6.07) is 3.17. The highest BCUT2D eigenvalue weighted by atomic mass is 19.4. The van der Waals surface area contributed by atoms with Crippen molar-refractivity contribution < 1.29 is 26.3 Å². The van der Waals surface area contributed by atoms with Crippen LogP contribution in [-0.2, 0) is 6.42 Å². The fourth-order valence-electron chi connectivity index (χ4n) is 2.31. The van der Waals surface area contributed by atoms with Crippen LogP contribution in [0.3, 0.4) is 0 Å². The molecular weight excluding hydrogens is 272 g/mol. The van der Waals surface area contributed by atoms with Gasteiger partial charge in [0.2, 0.25) is 0 Å². The van der Waals surface area contributed by atoms with E-state index in [1.807, 2.05) is 6.92 Å². The highest BCUT2D eigenvalue weighted by Gasteiger charge is 2.57. The summed E-state index contributed by atoms with van der Waals surface area (Å²) in [5.41, 5.74) is 0.331. The first kappa shape index (κ1) is 14.0. The molecule has 1 nitrogen and oxygen atoms in total. The summed E-state index contributed by atoms with van der Waals surface area (Å²) in [5, 5.41) is 2.98. The quantitative estimate of drug-likeness (QED) is 0.760. The van der Waals surface area contributed by atoms with Gasteiger partial charge in [-0.05, 0) is 30.5 Å². The Morgan fingerprint density at radius 2 is 1.68 bits per heavy atom. The lowest BCUT2D eigenvalue weighted by Crippen LogP contribution is -2.34. The zero-order chi connectivity index (χ0) is 14.4. The van der Waals surface area contributed by atoms with Crippen LogP contribution < -0.4 is 5.32 Å². The molecule has 2 rings (SSSR count). The Morgan fingerprint density at radius 3 is 2.21 bits per heavy atom. The Kier molecular flexibility index (Phi) is 3.18. The zero-order valence-corrected chi connectivity index (χ0v) is 9.86. The van der Waals surface area contributed by atoms with E-state index < -0.39 is 23.8 Å². The summed E-state index contributed by atoms with van der Waals surface area (Å²) in [6.07, 6.45) is -10.3. The van der Waals surface area contributed by atoms with Gasteiger partial charge in [-0.25, -0.2) is 0 Å². The van der Waals surface area contributed by atoms with E-state index in [2.05, 4.69) is 5.32 Å². The molecule has 1 heterocycles.